The number of rotatable bonds is 4. The molecule has 0 aliphatic carbocycles. The zero-order valence-corrected chi connectivity index (χ0v) is 14.5. The molecule has 0 spiro atoms. The van der Waals surface area contributed by atoms with Gasteiger partial charge in [0.1, 0.15) is 5.69 Å². The molecule has 1 aromatic rings. The Kier molecular flexibility index (Phi) is 5.65. The highest BCUT2D eigenvalue weighted by Gasteiger charge is 2.27. The minimum absolute atomic E-state index is 0.0721. The molecule has 9 nitrogen and oxygen atoms in total. The van der Waals surface area contributed by atoms with E-state index in [1.807, 2.05) is 11.0 Å². The molecular weight excluding hydrogens is 338 g/mol. The first-order valence-electron chi connectivity index (χ1n) is 8.60. The maximum atomic E-state index is 12.4. The molecule has 26 heavy (non-hydrogen) atoms. The van der Waals surface area contributed by atoms with E-state index < -0.39 is 4.92 Å². The van der Waals surface area contributed by atoms with E-state index in [0.717, 1.165) is 13.1 Å². The number of nitrogens with zero attached hydrogens (tertiary/aromatic N) is 5. The Labute approximate surface area is 151 Å². The van der Waals surface area contributed by atoms with Crippen molar-refractivity contribution in [2.45, 2.75) is 0 Å². The highest BCUT2D eigenvalue weighted by atomic mass is 16.6. The van der Waals surface area contributed by atoms with Crippen molar-refractivity contribution in [1.82, 2.24) is 9.80 Å². The molecule has 0 radical (unpaired) electrons. The van der Waals surface area contributed by atoms with Crippen LogP contribution in [0.2, 0.25) is 0 Å². The third kappa shape index (κ3) is 4.09. The summed E-state index contributed by atoms with van der Waals surface area (Å²) in [5, 5.41) is 20.2. The Morgan fingerprint density at radius 3 is 2.50 bits per heavy atom. The van der Waals surface area contributed by atoms with E-state index in [1.54, 1.807) is 17.0 Å². The molecule has 9 heteroatoms. The predicted molar refractivity (Wildman–Crippen MR) is 93.9 cm³/mol. The van der Waals surface area contributed by atoms with E-state index in [4.69, 9.17) is 10.00 Å². The number of amides is 1. The van der Waals surface area contributed by atoms with Gasteiger partial charge >= 0.3 is 0 Å². The third-order valence-electron chi connectivity index (χ3n) is 4.74. The number of carbonyl (C=O) groups excluding carboxylic acids is 1. The summed E-state index contributed by atoms with van der Waals surface area (Å²) in [5.41, 5.74) is 0.686. The second kappa shape index (κ2) is 8.12. The van der Waals surface area contributed by atoms with Crippen LogP contribution in [0, 0.1) is 21.4 Å². The quantitative estimate of drug-likeness (QED) is 0.568. The summed E-state index contributed by atoms with van der Waals surface area (Å²) in [7, 11) is 0. The number of morpholine rings is 1. The highest BCUT2D eigenvalue weighted by Crippen LogP contribution is 2.29. The van der Waals surface area contributed by atoms with E-state index in [0.29, 0.717) is 51.6 Å². The number of ether oxygens (including phenoxy) is 1. The number of anilines is 1. The maximum absolute atomic E-state index is 12.4. The van der Waals surface area contributed by atoms with Gasteiger partial charge in [0, 0.05) is 45.3 Å². The summed E-state index contributed by atoms with van der Waals surface area (Å²) < 4.78 is 5.29. The van der Waals surface area contributed by atoms with Gasteiger partial charge in [0.2, 0.25) is 5.91 Å². The van der Waals surface area contributed by atoms with Crippen LogP contribution in [0.15, 0.2) is 18.2 Å². The number of hydrogen-bond donors (Lipinski definition) is 0. The van der Waals surface area contributed by atoms with Gasteiger partial charge in [-0.1, -0.05) is 0 Å². The minimum atomic E-state index is -0.466. The molecule has 3 rings (SSSR count). The molecule has 0 bridgehead atoms. The monoisotopic (exact) mass is 359 g/mol. The van der Waals surface area contributed by atoms with Crippen molar-refractivity contribution in [3.05, 3.63) is 33.9 Å². The van der Waals surface area contributed by atoms with Gasteiger partial charge in [-0.15, -0.1) is 0 Å². The average molecular weight is 359 g/mol. The molecule has 1 aromatic carbocycles. The first-order valence-corrected chi connectivity index (χ1v) is 8.60. The van der Waals surface area contributed by atoms with Gasteiger partial charge in [-0.25, -0.2) is 0 Å². The minimum Gasteiger partial charge on any atom is -0.379 e. The molecule has 2 aliphatic rings. The number of nitro benzene ring substituents is 1. The summed E-state index contributed by atoms with van der Waals surface area (Å²) in [4.78, 5) is 29.1. The van der Waals surface area contributed by atoms with Crippen molar-refractivity contribution >= 4 is 17.3 Å². The fourth-order valence-corrected chi connectivity index (χ4v) is 3.25. The van der Waals surface area contributed by atoms with E-state index in [1.165, 1.54) is 6.07 Å². The van der Waals surface area contributed by atoms with Gasteiger partial charge in [-0.05, 0) is 12.1 Å². The normalized spacial score (nSPS) is 18.4. The standard InChI is InChI=1S/C17H21N5O4/c18-12-14-1-2-15(16(11-14)22(24)25)20-3-5-21(6-4-20)17(23)13-19-7-9-26-10-8-19/h1-2,11H,3-10,13H2. The van der Waals surface area contributed by atoms with Crippen LogP contribution < -0.4 is 4.90 Å². The van der Waals surface area contributed by atoms with Crippen molar-refractivity contribution in [1.29, 1.82) is 5.26 Å². The Balaban J connectivity index is 1.61. The lowest BCUT2D eigenvalue weighted by molar-refractivity contribution is -0.384. The Morgan fingerprint density at radius 2 is 1.88 bits per heavy atom. The second-order valence-corrected chi connectivity index (χ2v) is 6.33. The number of nitriles is 1. The van der Waals surface area contributed by atoms with Crippen LogP contribution in [-0.4, -0.2) is 79.7 Å². The molecule has 2 fully saturated rings. The highest BCUT2D eigenvalue weighted by molar-refractivity contribution is 5.78. The zero-order chi connectivity index (χ0) is 18.5. The first-order chi connectivity index (χ1) is 12.6. The van der Waals surface area contributed by atoms with E-state index in [9.17, 15) is 14.9 Å². The lowest BCUT2D eigenvalue weighted by Crippen LogP contribution is -2.52. The van der Waals surface area contributed by atoms with Crippen molar-refractivity contribution < 1.29 is 14.5 Å². The molecule has 0 aromatic heterocycles. The van der Waals surface area contributed by atoms with E-state index in [2.05, 4.69) is 4.90 Å². The van der Waals surface area contributed by atoms with Gasteiger partial charge in [-0.3, -0.25) is 19.8 Å². The van der Waals surface area contributed by atoms with E-state index >= 15 is 0 Å². The van der Waals surface area contributed by atoms with Crippen molar-refractivity contribution in [2.24, 2.45) is 0 Å². The number of carbonyl (C=O) groups is 1. The van der Waals surface area contributed by atoms with E-state index in [-0.39, 0.29) is 17.2 Å². The first kappa shape index (κ1) is 18.1. The lowest BCUT2D eigenvalue weighted by atomic mass is 10.1. The lowest BCUT2D eigenvalue weighted by Gasteiger charge is -2.37. The maximum Gasteiger partial charge on any atom is 0.293 e. The number of piperazine rings is 1. The summed E-state index contributed by atoms with van der Waals surface area (Å²) >= 11 is 0. The summed E-state index contributed by atoms with van der Waals surface area (Å²) in [6.07, 6.45) is 0. The molecule has 2 heterocycles. The Bertz CT molecular complexity index is 718. The van der Waals surface area contributed by atoms with Crippen LogP contribution >= 0.6 is 0 Å². The van der Waals surface area contributed by atoms with Crippen molar-refractivity contribution in [3.63, 3.8) is 0 Å². The second-order valence-electron chi connectivity index (χ2n) is 6.33. The summed E-state index contributed by atoms with van der Waals surface area (Å²) in [6.45, 7) is 5.35. The smallest absolute Gasteiger partial charge is 0.293 e. The largest absolute Gasteiger partial charge is 0.379 e. The SMILES string of the molecule is N#Cc1ccc(N2CCN(C(=O)CN3CCOCC3)CC2)c([N+](=O)[O-])c1. The van der Waals surface area contributed by atoms with Crippen LogP contribution in [0.5, 0.6) is 0 Å². The fraction of sp³-hybridized carbons (Fsp3) is 0.529. The molecule has 2 saturated heterocycles. The molecule has 0 saturated carbocycles. The van der Waals surface area contributed by atoms with Crippen molar-refractivity contribution in [3.8, 4) is 6.07 Å². The van der Waals surface area contributed by atoms with Gasteiger partial charge < -0.3 is 14.5 Å². The van der Waals surface area contributed by atoms with Crippen LogP contribution in [0.4, 0.5) is 11.4 Å². The number of hydrogen-bond acceptors (Lipinski definition) is 7. The van der Waals surface area contributed by atoms with Crippen LogP contribution in [0.3, 0.4) is 0 Å². The van der Waals surface area contributed by atoms with Crippen LogP contribution in [0.25, 0.3) is 0 Å². The fourth-order valence-electron chi connectivity index (χ4n) is 3.25. The Hall–Kier alpha value is -2.70. The van der Waals surface area contributed by atoms with Crippen molar-refractivity contribution in [2.75, 3.05) is 63.9 Å². The van der Waals surface area contributed by atoms with Gasteiger partial charge in [-0.2, -0.15) is 5.26 Å². The predicted octanol–water partition coefficient (Wildman–Crippen LogP) is 0.447. The van der Waals surface area contributed by atoms with Gasteiger partial charge in [0.05, 0.1) is 36.3 Å². The number of nitro groups is 1. The molecular formula is C17H21N5O4. The topological polar surface area (TPSA) is 103 Å². The molecule has 0 atom stereocenters. The zero-order valence-electron chi connectivity index (χ0n) is 14.5. The summed E-state index contributed by atoms with van der Waals surface area (Å²) in [6, 6.07) is 6.42. The molecule has 2 aliphatic heterocycles. The molecule has 138 valence electrons. The average Bonchev–Trinajstić information content (AvgIpc) is 2.68. The Morgan fingerprint density at radius 1 is 1.19 bits per heavy atom. The van der Waals surface area contributed by atoms with Gasteiger partial charge in [0.15, 0.2) is 0 Å². The molecule has 1 amide bonds. The van der Waals surface area contributed by atoms with Gasteiger partial charge in [0.25, 0.3) is 5.69 Å². The van der Waals surface area contributed by atoms with Crippen LogP contribution in [0.1, 0.15) is 5.56 Å². The molecule has 0 unspecified atom stereocenters. The molecule has 0 N–H and O–H groups in total. The summed E-state index contributed by atoms with van der Waals surface area (Å²) in [5.74, 6) is 0.0841. The van der Waals surface area contributed by atoms with Crippen LogP contribution in [-0.2, 0) is 9.53 Å². The third-order valence-corrected chi connectivity index (χ3v) is 4.74. The number of benzene rings is 1.